The molecule has 0 aliphatic carbocycles. The van der Waals surface area contributed by atoms with E-state index in [0.29, 0.717) is 36.1 Å². The second-order valence-electron chi connectivity index (χ2n) is 7.55. The van der Waals surface area contributed by atoms with Gasteiger partial charge in [0.1, 0.15) is 0 Å². The number of hydrogen-bond donors (Lipinski definition) is 0. The highest BCUT2D eigenvalue weighted by Gasteiger charge is 2.30. The van der Waals surface area contributed by atoms with Crippen LogP contribution in [0.4, 0.5) is 5.69 Å². The third kappa shape index (κ3) is 4.12. The first kappa shape index (κ1) is 21.3. The molecule has 0 unspecified atom stereocenters. The maximum Gasteiger partial charge on any atom is 0.243 e. The maximum absolute atomic E-state index is 13.4. The Morgan fingerprint density at radius 2 is 1.67 bits per heavy atom. The van der Waals surface area contributed by atoms with E-state index < -0.39 is 10.0 Å². The van der Waals surface area contributed by atoms with E-state index in [2.05, 4.69) is 9.88 Å². The van der Waals surface area contributed by atoms with E-state index in [1.165, 1.54) is 0 Å². The topological polar surface area (TPSA) is 53.5 Å². The van der Waals surface area contributed by atoms with Crippen LogP contribution in [0, 0.1) is 20.8 Å². The van der Waals surface area contributed by atoms with Gasteiger partial charge in [0.05, 0.1) is 15.6 Å². The van der Waals surface area contributed by atoms with Crippen molar-refractivity contribution in [1.29, 1.82) is 0 Å². The molecule has 1 fully saturated rings. The lowest BCUT2D eigenvalue weighted by atomic mass is 10.1. The zero-order chi connectivity index (χ0) is 21.5. The summed E-state index contributed by atoms with van der Waals surface area (Å²) in [7, 11) is -3.58. The molecule has 0 N–H and O–H groups in total. The Labute approximate surface area is 187 Å². The van der Waals surface area contributed by atoms with Crippen molar-refractivity contribution in [2.45, 2.75) is 25.7 Å². The Bertz CT molecular complexity index is 1180. The van der Waals surface area contributed by atoms with Crippen molar-refractivity contribution >= 4 is 38.6 Å². The van der Waals surface area contributed by atoms with Gasteiger partial charge in [0.2, 0.25) is 10.0 Å². The van der Waals surface area contributed by atoms with Crippen LogP contribution in [-0.2, 0) is 10.0 Å². The van der Waals surface area contributed by atoms with Gasteiger partial charge in [-0.2, -0.15) is 4.31 Å². The van der Waals surface area contributed by atoms with E-state index in [9.17, 15) is 8.42 Å². The quantitative estimate of drug-likeness (QED) is 0.554. The molecule has 0 bridgehead atoms. The van der Waals surface area contributed by atoms with Crippen molar-refractivity contribution < 1.29 is 8.42 Å². The number of anilines is 1. The molecule has 1 saturated heterocycles. The van der Waals surface area contributed by atoms with Crippen LogP contribution < -0.4 is 4.90 Å². The van der Waals surface area contributed by atoms with Gasteiger partial charge in [0.25, 0.3) is 0 Å². The molecule has 0 amide bonds. The Balaban J connectivity index is 1.57. The third-order valence-electron chi connectivity index (χ3n) is 5.47. The van der Waals surface area contributed by atoms with Crippen LogP contribution in [0.15, 0.2) is 46.7 Å². The van der Waals surface area contributed by atoms with Gasteiger partial charge in [-0.05, 0) is 50.1 Å². The predicted molar refractivity (Wildman–Crippen MR) is 124 cm³/mol. The maximum atomic E-state index is 13.4. The van der Waals surface area contributed by atoms with Gasteiger partial charge < -0.3 is 4.90 Å². The van der Waals surface area contributed by atoms with E-state index in [1.807, 2.05) is 56.5 Å². The van der Waals surface area contributed by atoms with Crippen molar-refractivity contribution in [3.8, 4) is 11.3 Å². The first-order chi connectivity index (χ1) is 14.3. The van der Waals surface area contributed by atoms with Crippen LogP contribution in [0.2, 0.25) is 5.02 Å². The first-order valence-corrected chi connectivity index (χ1v) is 12.5. The molecule has 1 aromatic heterocycles. The Morgan fingerprint density at radius 1 is 0.967 bits per heavy atom. The molecule has 0 spiro atoms. The predicted octanol–water partition coefficient (Wildman–Crippen LogP) is 4.90. The van der Waals surface area contributed by atoms with Crippen molar-refractivity contribution in [1.82, 2.24) is 9.29 Å². The zero-order valence-corrected chi connectivity index (χ0v) is 19.6. The molecular weight excluding hydrogens is 438 g/mol. The molecule has 3 aromatic rings. The second kappa shape index (κ2) is 8.30. The van der Waals surface area contributed by atoms with Gasteiger partial charge >= 0.3 is 0 Å². The summed E-state index contributed by atoms with van der Waals surface area (Å²) in [5.74, 6) is 0. The number of piperazine rings is 1. The minimum Gasteiger partial charge on any atom is -0.369 e. The summed E-state index contributed by atoms with van der Waals surface area (Å²) in [6.45, 7) is 7.97. The standard InChI is InChI=1S/C22H24ClN3O2S2/c1-15-5-7-19(23)13-21(15)25-8-10-26(11-9-25)30(27,28)22-12-18(6-4-16(22)2)20-14-29-17(3)24-20/h4-7,12-14H,8-11H2,1-3H3. The molecule has 1 aliphatic heterocycles. The molecule has 1 aliphatic rings. The molecule has 0 saturated carbocycles. The number of hydrogen-bond acceptors (Lipinski definition) is 5. The number of thiazole rings is 1. The number of aryl methyl sites for hydroxylation is 3. The highest BCUT2D eigenvalue weighted by molar-refractivity contribution is 7.89. The Hall–Kier alpha value is -1.93. The van der Waals surface area contributed by atoms with E-state index in [0.717, 1.165) is 33.1 Å². The number of halogens is 1. The van der Waals surface area contributed by atoms with Crippen LogP contribution in [0.5, 0.6) is 0 Å². The molecule has 4 rings (SSSR count). The smallest absolute Gasteiger partial charge is 0.243 e. The van der Waals surface area contributed by atoms with Crippen molar-refractivity contribution in [2.24, 2.45) is 0 Å². The minimum absolute atomic E-state index is 0.359. The fraction of sp³-hybridized carbons (Fsp3) is 0.318. The number of rotatable bonds is 4. The summed E-state index contributed by atoms with van der Waals surface area (Å²) in [6.07, 6.45) is 0. The minimum atomic E-state index is -3.58. The van der Waals surface area contributed by atoms with E-state index in [4.69, 9.17) is 11.6 Å². The molecule has 2 heterocycles. The summed E-state index contributed by atoms with van der Waals surface area (Å²) in [5, 5.41) is 3.61. The first-order valence-electron chi connectivity index (χ1n) is 9.80. The van der Waals surface area contributed by atoms with Gasteiger partial charge in [-0.3, -0.25) is 0 Å². The summed E-state index contributed by atoms with van der Waals surface area (Å²) >= 11 is 7.72. The molecule has 0 radical (unpaired) electrons. The molecular formula is C22H24ClN3O2S2. The summed E-state index contributed by atoms with van der Waals surface area (Å²) in [6, 6.07) is 11.4. The largest absolute Gasteiger partial charge is 0.369 e. The van der Waals surface area contributed by atoms with Gasteiger partial charge in [-0.15, -0.1) is 11.3 Å². The number of sulfonamides is 1. The Morgan fingerprint density at radius 3 is 2.33 bits per heavy atom. The van der Waals surface area contributed by atoms with E-state index >= 15 is 0 Å². The van der Waals surface area contributed by atoms with Crippen LogP contribution in [-0.4, -0.2) is 43.9 Å². The summed E-state index contributed by atoms with van der Waals surface area (Å²) < 4.78 is 28.4. The van der Waals surface area contributed by atoms with Gasteiger partial charge in [0, 0.05) is 47.8 Å². The highest BCUT2D eigenvalue weighted by Crippen LogP contribution is 2.30. The molecule has 5 nitrogen and oxygen atoms in total. The second-order valence-corrected chi connectivity index (χ2v) is 11.0. The van der Waals surface area contributed by atoms with Crippen molar-refractivity contribution in [3.05, 3.63) is 62.9 Å². The van der Waals surface area contributed by atoms with E-state index in [1.54, 1.807) is 21.7 Å². The lowest BCUT2D eigenvalue weighted by molar-refractivity contribution is 0.384. The van der Waals surface area contributed by atoms with Gasteiger partial charge in [-0.25, -0.2) is 13.4 Å². The SMILES string of the molecule is Cc1nc(-c2ccc(C)c(S(=O)(=O)N3CCN(c4cc(Cl)ccc4C)CC3)c2)cs1. The fourth-order valence-corrected chi connectivity index (χ4v) is 6.23. The van der Waals surface area contributed by atoms with Crippen molar-refractivity contribution in [3.63, 3.8) is 0 Å². The number of aromatic nitrogens is 1. The average molecular weight is 462 g/mol. The average Bonchev–Trinajstić information content (AvgIpc) is 3.16. The monoisotopic (exact) mass is 461 g/mol. The normalized spacial score (nSPS) is 15.5. The number of nitrogens with zero attached hydrogens (tertiary/aromatic N) is 3. The zero-order valence-electron chi connectivity index (χ0n) is 17.2. The molecule has 8 heteroatoms. The van der Waals surface area contributed by atoms with Gasteiger partial charge in [0.15, 0.2) is 0 Å². The van der Waals surface area contributed by atoms with Crippen molar-refractivity contribution in [2.75, 3.05) is 31.1 Å². The highest BCUT2D eigenvalue weighted by atomic mass is 35.5. The van der Waals surface area contributed by atoms with Crippen LogP contribution in [0.3, 0.4) is 0 Å². The van der Waals surface area contributed by atoms with Crippen LogP contribution in [0.25, 0.3) is 11.3 Å². The molecule has 158 valence electrons. The molecule has 0 atom stereocenters. The van der Waals surface area contributed by atoms with E-state index in [-0.39, 0.29) is 0 Å². The van der Waals surface area contributed by atoms with Crippen LogP contribution >= 0.6 is 22.9 Å². The molecule has 2 aromatic carbocycles. The number of benzene rings is 2. The molecule has 30 heavy (non-hydrogen) atoms. The van der Waals surface area contributed by atoms with Crippen LogP contribution in [0.1, 0.15) is 16.1 Å². The lowest BCUT2D eigenvalue weighted by Gasteiger charge is -2.36. The fourth-order valence-electron chi connectivity index (χ4n) is 3.77. The van der Waals surface area contributed by atoms with Gasteiger partial charge in [-0.1, -0.05) is 29.8 Å². The summed E-state index contributed by atoms with van der Waals surface area (Å²) in [5.41, 5.74) is 4.60. The lowest BCUT2D eigenvalue weighted by Crippen LogP contribution is -2.49. The third-order valence-corrected chi connectivity index (χ3v) is 8.52. The Kier molecular flexibility index (Phi) is 5.90. The summed E-state index contributed by atoms with van der Waals surface area (Å²) in [4.78, 5) is 7.06.